The zero-order valence-corrected chi connectivity index (χ0v) is 15.3. The number of hydrogen-bond acceptors (Lipinski definition) is 1. The topological polar surface area (TPSA) is 3.24 Å². The third kappa shape index (κ3) is 3.62. The molecule has 0 unspecified atom stereocenters. The predicted octanol–water partition coefficient (Wildman–Crippen LogP) is 5.21. The van der Waals surface area contributed by atoms with E-state index in [1.165, 1.54) is 42.6 Å². The third-order valence-corrected chi connectivity index (χ3v) is 5.31. The summed E-state index contributed by atoms with van der Waals surface area (Å²) >= 11 is 0. The van der Waals surface area contributed by atoms with Gasteiger partial charge in [-0.15, -0.1) is 12.4 Å². The summed E-state index contributed by atoms with van der Waals surface area (Å²) in [4.78, 5) is 2.61. The first-order chi connectivity index (χ1) is 10.6. The fraction of sp³-hybridized carbons (Fsp3) is 0.429. The minimum atomic E-state index is 0. The smallest absolute Gasteiger partial charge is 0.0227 e. The average molecular weight is 330 g/mol. The van der Waals surface area contributed by atoms with E-state index in [1.54, 1.807) is 0 Å². The number of halogens is 1. The molecule has 1 aliphatic heterocycles. The number of benzene rings is 2. The molecule has 0 spiro atoms. The number of rotatable bonds is 3. The van der Waals surface area contributed by atoms with Gasteiger partial charge in [0.2, 0.25) is 0 Å². The summed E-state index contributed by atoms with van der Waals surface area (Å²) in [5.41, 5.74) is 4.47. The summed E-state index contributed by atoms with van der Waals surface area (Å²) in [5, 5.41) is 0. The van der Waals surface area contributed by atoms with Crippen LogP contribution in [0.3, 0.4) is 0 Å². The Labute approximate surface area is 147 Å². The van der Waals surface area contributed by atoms with Crippen molar-refractivity contribution in [2.75, 3.05) is 13.1 Å². The first kappa shape index (κ1) is 18.0. The van der Waals surface area contributed by atoms with Crippen LogP contribution in [0.4, 0.5) is 0 Å². The van der Waals surface area contributed by atoms with Gasteiger partial charge in [-0.3, -0.25) is 0 Å². The molecular formula is C21H28ClN. The van der Waals surface area contributed by atoms with Crippen LogP contribution in [-0.4, -0.2) is 24.0 Å². The van der Waals surface area contributed by atoms with Crippen LogP contribution >= 0.6 is 12.4 Å². The summed E-state index contributed by atoms with van der Waals surface area (Å²) in [6.45, 7) is 9.14. The molecule has 2 heteroatoms. The zero-order chi connectivity index (χ0) is 15.6. The molecule has 3 rings (SSSR count). The van der Waals surface area contributed by atoms with Crippen molar-refractivity contribution in [3.8, 4) is 0 Å². The molecule has 124 valence electrons. The van der Waals surface area contributed by atoms with E-state index >= 15 is 0 Å². The van der Waals surface area contributed by atoms with Gasteiger partial charge in [-0.2, -0.15) is 0 Å². The van der Waals surface area contributed by atoms with Crippen molar-refractivity contribution in [1.29, 1.82) is 0 Å². The van der Waals surface area contributed by atoms with Crippen molar-refractivity contribution in [1.82, 2.24) is 4.90 Å². The maximum atomic E-state index is 2.61. The zero-order valence-electron chi connectivity index (χ0n) is 14.5. The molecule has 1 nitrogen and oxygen atoms in total. The summed E-state index contributed by atoms with van der Waals surface area (Å²) in [7, 11) is 0. The highest BCUT2D eigenvalue weighted by molar-refractivity contribution is 5.85. The highest BCUT2D eigenvalue weighted by atomic mass is 35.5. The Kier molecular flexibility index (Phi) is 5.89. The van der Waals surface area contributed by atoms with Crippen molar-refractivity contribution in [3.63, 3.8) is 0 Å². The molecule has 23 heavy (non-hydrogen) atoms. The lowest BCUT2D eigenvalue weighted by atomic mass is 9.68. The molecule has 0 radical (unpaired) electrons. The lowest BCUT2D eigenvalue weighted by Gasteiger charge is -2.44. The van der Waals surface area contributed by atoms with E-state index in [9.17, 15) is 0 Å². The van der Waals surface area contributed by atoms with Gasteiger partial charge in [-0.05, 0) is 57.8 Å². The minimum Gasteiger partial charge on any atom is -0.301 e. The fourth-order valence-corrected chi connectivity index (χ4v) is 3.80. The van der Waals surface area contributed by atoms with Gasteiger partial charge in [0.25, 0.3) is 0 Å². The second-order valence-electron chi connectivity index (χ2n) is 6.94. The molecule has 0 atom stereocenters. The van der Waals surface area contributed by atoms with E-state index < -0.39 is 0 Å². The first-order valence-electron chi connectivity index (χ1n) is 8.48. The van der Waals surface area contributed by atoms with Crippen LogP contribution < -0.4 is 0 Å². The summed E-state index contributed by atoms with van der Waals surface area (Å²) in [5.74, 6) is 0. The maximum Gasteiger partial charge on any atom is 0.0227 e. The largest absolute Gasteiger partial charge is 0.301 e. The van der Waals surface area contributed by atoms with Crippen molar-refractivity contribution >= 4 is 12.4 Å². The molecule has 2 aromatic carbocycles. The monoisotopic (exact) mass is 329 g/mol. The number of nitrogens with zero attached hydrogens (tertiary/aromatic N) is 1. The van der Waals surface area contributed by atoms with E-state index in [0.29, 0.717) is 6.04 Å². The number of hydrogen-bond donors (Lipinski definition) is 0. The SMILES string of the molecule is Cc1ccc(C2(c3ccccc3)CCN(C(C)C)CC2)cc1.Cl. The van der Waals surface area contributed by atoms with Gasteiger partial charge in [-0.1, -0.05) is 60.2 Å². The molecule has 1 saturated heterocycles. The van der Waals surface area contributed by atoms with E-state index in [-0.39, 0.29) is 17.8 Å². The van der Waals surface area contributed by atoms with Crippen LogP contribution in [-0.2, 0) is 5.41 Å². The number of likely N-dealkylation sites (tertiary alicyclic amines) is 1. The summed E-state index contributed by atoms with van der Waals surface area (Å²) in [6, 6.07) is 20.9. The van der Waals surface area contributed by atoms with Gasteiger partial charge >= 0.3 is 0 Å². The number of piperidine rings is 1. The van der Waals surface area contributed by atoms with Gasteiger partial charge in [-0.25, -0.2) is 0 Å². The molecule has 0 aliphatic carbocycles. The molecule has 0 amide bonds. The molecule has 0 saturated carbocycles. The Morgan fingerprint density at radius 1 is 0.826 bits per heavy atom. The third-order valence-electron chi connectivity index (χ3n) is 5.31. The highest BCUT2D eigenvalue weighted by Crippen LogP contribution is 2.42. The predicted molar refractivity (Wildman–Crippen MR) is 102 cm³/mol. The van der Waals surface area contributed by atoms with E-state index in [4.69, 9.17) is 0 Å². The molecular weight excluding hydrogens is 302 g/mol. The maximum absolute atomic E-state index is 2.61. The Hall–Kier alpha value is -1.31. The van der Waals surface area contributed by atoms with Crippen molar-refractivity contribution in [2.24, 2.45) is 0 Å². The summed E-state index contributed by atoms with van der Waals surface area (Å²) in [6.07, 6.45) is 2.41. The van der Waals surface area contributed by atoms with Gasteiger partial charge in [0, 0.05) is 11.5 Å². The standard InChI is InChI=1S/C21H27N.ClH/c1-17(2)22-15-13-21(14-16-22,19-7-5-4-6-8-19)20-11-9-18(3)10-12-20;/h4-12,17H,13-16H2,1-3H3;1H. The quantitative estimate of drug-likeness (QED) is 0.747. The molecule has 0 aromatic heterocycles. The van der Waals surface area contributed by atoms with Crippen LogP contribution in [0.5, 0.6) is 0 Å². The normalized spacial score (nSPS) is 17.7. The van der Waals surface area contributed by atoms with Gasteiger partial charge in [0.1, 0.15) is 0 Å². The van der Waals surface area contributed by atoms with E-state index in [1.807, 2.05) is 0 Å². The highest BCUT2D eigenvalue weighted by Gasteiger charge is 2.38. The van der Waals surface area contributed by atoms with Crippen LogP contribution in [0.1, 0.15) is 43.4 Å². The molecule has 2 aromatic rings. The second-order valence-corrected chi connectivity index (χ2v) is 6.94. The molecule has 0 N–H and O–H groups in total. The molecule has 0 bridgehead atoms. The van der Waals surface area contributed by atoms with Crippen molar-refractivity contribution in [2.45, 2.75) is 45.1 Å². The van der Waals surface area contributed by atoms with Crippen molar-refractivity contribution in [3.05, 3.63) is 71.3 Å². The Morgan fingerprint density at radius 2 is 1.35 bits per heavy atom. The van der Waals surface area contributed by atoms with Crippen LogP contribution in [0.2, 0.25) is 0 Å². The van der Waals surface area contributed by atoms with Crippen LogP contribution in [0.15, 0.2) is 54.6 Å². The average Bonchev–Trinajstić information content (AvgIpc) is 2.56. The van der Waals surface area contributed by atoms with E-state index in [0.717, 1.165) is 0 Å². The van der Waals surface area contributed by atoms with Gasteiger partial charge in [0.15, 0.2) is 0 Å². The second kappa shape index (κ2) is 7.51. The minimum absolute atomic E-state index is 0. The van der Waals surface area contributed by atoms with Crippen molar-refractivity contribution < 1.29 is 0 Å². The first-order valence-corrected chi connectivity index (χ1v) is 8.48. The Balaban J connectivity index is 0.00000192. The van der Waals surface area contributed by atoms with Crippen LogP contribution in [0, 0.1) is 6.92 Å². The molecule has 1 aliphatic rings. The Bertz CT molecular complexity index is 595. The molecule has 1 heterocycles. The van der Waals surface area contributed by atoms with Crippen LogP contribution in [0.25, 0.3) is 0 Å². The van der Waals surface area contributed by atoms with E-state index in [2.05, 4.69) is 80.3 Å². The summed E-state index contributed by atoms with van der Waals surface area (Å²) < 4.78 is 0. The fourth-order valence-electron chi connectivity index (χ4n) is 3.80. The number of aryl methyl sites for hydroxylation is 1. The lowest BCUT2D eigenvalue weighted by Crippen LogP contribution is -2.45. The Morgan fingerprint density at radius 3 is 1.87 bits per heavy atom. The van der Waals surface area contributed by atoms with Gasteiger partial charge in [0.05, 0.1) is 0 Å². The van der Waals surface area contributed by atoms with Gasteiger partial charge < -0.3 is 4.90 Å². The molecule has 1 fully saturated rings. The lowest BCUT2D eigenvalue weighted by molar-refractivity contribution is 0.145.